The predicted molar refractivity (Wildman–Crippen MR) is 149 cm³/mol. The Labute approximate surface area is 234 Å². The van der Waals surface area contributed by atoms with E-state index in [1.807, 2.05) is 37.3 Å². The van der Waals surface area contributed by atoms with Crippen molar-refractivity contribution in [2.45, 2.75) is 32.4 Å². The number of nitrogens with one attached hydrogen (secondary N) is 1. The standard InChI is InChI=1S/C27H26BrCl3N2O3/c1-2-12-32-27(35)24(14-18-6-4-3-5-7-18)33(16-19-8-10-21(29)22(30)13-19)26(34)17-36-25-11-9-20(28)15-23(25)31/h3-11,13,15,24H,2,12,14,16-17H2,1H3,(H,32,35). The van der Waals surface area contributed by atoms with Crippen LogP contribution < -0.4 is 10.1 Å². The van der Waals surface area contributed by atoms with Crippen LogP contribution in [-0.4, -0.2) is 35.9 Å². The lowest BCUT2D eigenvalue weighted by Crippen LogP contribution is -2.51. The van der Waals surface area contributed by atoms with Gasteiger partial charge in [0.25, 0.3) is 5.91 Å². The number of nitrogens with zero attached hydrogens (tertiary/aromatic N) is 1. The molecule has 0 aliphatic carbocycles. The third-order valence-electron chi connectivity index (χ3n) is 5.40. The summed E-state index contributed by atoms with van der Waals surface area (Å²) in [5, 5.41) is 4.09. The number of hydrogen-bond donors (Lipinski definition) is 1. The molecule has 0 spiro atoms. The van der Waals surface area contributed by atoms with E-state index in [1.165, 1.54) is 4.90 Å². The molecular formula is C27H26BrCl3N2O3. The highest BCUT2D eigenvalue weighted by atomic mass is 79.9. The van der Waals surface area contributed by atoms with Gasteiger partial charge in [0.15, 0.2) is 6.61 Å². The number of halogens is 4. The summed E-state index contributed by atoms with van der Waals surface area (Å²) < 4.78 is 6.55. The molecule has 3 aromatic rings. The summed E-state index contributed by atoms with van der Waals surface area (Å²) in [6.45, 7) is 2.32. The molecule has 1 unspecified atom stereocenters. The Hall–Kier alpha value is -2.25. The maximum atomic E-state index is 13.6. The molecule has 1 N–H and O–H groups in total. The Kier molecular flexibility index (Phi) is 10.9. The molecule has 0 saturated carbocycles. The van der Waals surface area contributed by atoms with Gasteiger partial charge in [0.2, 0.25) is 5.91 Å². The second-order valence-corrected chi connectivity index (χ2v) is 10.3. The summed E-state index contributed by atoms with van der Waals surface area (Å²) in [6, 6.07) is 19.1. The number of ether oxygens (including phenoxy) is 1. The van der Waals surface area contributed by atoms with Crippen LogP contribution >= 0.6 is 50.7 Å². The van der Waals surface area contributed by atoms with Gasteiger partial charge in [0.1, 0.15) is 11.8 Å². The van der Waals surface area contributed by atoms with Crippen LogP contribution in [0.1, 0.15) is 24.5 Å². The highest BCUT2D eigenvalue weighted by Gasteiger charge is 2.30. The number of rotatable bonds is 11. The van der Waals surface area contributed by atoms with Gasteiger partial charge in [-0.15, -0.1) is 0 Å². The fourth-order valence-corrected chi connectivity index (χ4v) is 4.62. The average Bonchev–Trinajstić information content (AvgIpc) is 2.86. The number of amides is 2. The van der Waals surface area contributed by atoms with Crippen LogP contribution in [0.15, 0.2) is 71.2 Å². The van der Waals surface area contributed by atoms with Gasteiger partial charge < -0.3 is 15.0 Å². The maximum absolute atomic E-state index is 13.6. The molecule has 5 nitrogen and oxygen atoms in total. The first-order valence-electron chi connectivity index (χ1n) is 11.4. The van der Waals surface area contributed by atoms with Crippen molar-refractivity contribution in [1.29, 1.82) is 0 Å². The van der Waals surface area contributed by atoms with Crippen molar-refractivity contribution in [1.82, 2.24) is 10.2 Å². The minimum absolute atomic E-state index is 0.143. The summed E-state index contributed by atoms with van der Waals surface area (Å²) in [4.78, 5) is 28.4. The van der Waals surface area contributed by atoms with E-state index in [1.54, 1.807) is 36.4 Å². The van der Waals surface area contributed by atoms with Crippen molar-refractivity contribution < 1.29 is 14.3 Å². The zero-order valence-corrected chi connectivity index (χ0v) is 23.5. The first kappa shape index (κ1) is 28.3. The van der Waals surface area contributed by atoms with Crippen molar-refractivity contribution in [2.75, 3.05) is 13.2 Å². The van der Waals surface area contributed by atoms with Crippen molar-refractivity contribution >= 4 is 62.5 Å². The van der Waals surface area contributed by atoms with Gasteiger partial charge in [-0.3, -0.25) is 9.59 Å². The third-order valence-corrected chi connectivity index (χ3v) is 6.93. The van der Waals surface area contributed by atoms with Gasteiger partial charge in [-0.1, -0.05) is 94.1 Å². The van der Waals surface area contributed by atoms with E-state index in [0.717, 1.165) is 22.0 Å². The molecule has 3 rings (SSSR count). The molecule has 0 radical (unpaired) electrons. The average molecular weight is 613 g/mol. The smallest absolute Gasteiger partial charge is 0.261 e. The van der Waals surface area contributed by atoms with Crippen LogP contribution in [0, 0.1) is 0 Å². The summed E-state index contributed by atoms with van der Waals surface area (Å²) >= 11 is 21.9. The van der Waals surface area contributed by atoms with E-state index < -0.39 is 6.04 Å². The number of carbonyl (C=O) groups is 2. The van der Waals surface area contributed by atoms with Crippen LogP contribution in [0.2, 0.25) is 15.1 Å². The van der Waals surface area contributed by atoms with E-state index in [-0.39, 0.29) is 25.0 Å². The lowest BCUT2D eigenvalue weighted by molar-refractivity contribution is -0.142. The highest BCUT2D eigenvalue weighted by Crippen LogP contribution is 2.28. The van der Waals surface area contributed by atoms with Crippen molar-refractivity contribution in [2.24, 2.45) is 0 Å². The Bertz CT molecular complexity index is 1190. The monoisotopic (exact) mass is 610 g/mol. The third kappa shape index (κ3) is 8.13. The zero-order valence-electron chi connectivity index (χ0n) is 19.6. The first-order chi connectivity index (χ1) is 17.3. The minimum atomic E-state index is -0.773. The lowest BCUT2D eigenvalue weighted by atomic mass is 10.0. The zero-order chi connectivity index (χ0) is 26.1. The normalized spacial score (nSPS) is 11.6. The summed E-state index contributed by atoms with van der Waals surface area (Å²) in [6.07, 6.45) is 1.11. The van der Waals surface area contributed by atoms with Crippen LogP contribution in [0.4, 0.5) is 0 Å². The molecule has 0 aromatic heterocycles. The molecule has 190 valence electrons. The minimum Gasteiger partial charge on any atom is -0.482 e. The van der Waals surface area contributed by atoms with E-state index in [2.05, 4.69) is 21.2 Å². The Morgan fingerprint density at radius 1 is 0.944 bits per heavy atom. The van der Waals surface area contributed by atoms with E-state index in [9.17, 15) is 9.59 Å². The van der Waals surface area contributed by atoms with Gasteiger partial charge in [-0.05, 0) is 47.9 Å². The predicted octanol–water partition coefficient (Wildman–Crippen LogP) is 6.95. The Morgan fingerprint density at radius 2 is 1.69 bits per heavy atom. The molecule has 36 heavy (non-hydrogen) atoms. The molecule has 0 heterocycles. The molecular weight excluding hydrogens is 587 g/mol. The maximum Gasteiger partial charge on any atom is 0.261 e. The number of carbonyl (C=O) groups excluding carboxylic acids is 2. The number of benzene rings is 3. The van der Waals surface area contributed by atoms with Crippen LogP contribution in [0.25, 0.3) is 0 Å². The quantitative estimate of drug-likeness (QED) is 0.255. The molecule has 9 heteroatoms. The van der Waals surface area contributed by atoms with Crippen LogP contribution in [-0.2, 0) is 22.6 Å². The van der Waals surface area contributed by atoms with Crippen LogP contribution in [0.5, 0.6) is 5.75 Å². The van der Waals surface area contributed by atoms with Gasteiger partial charge in [0, 0.05) is 24.0 Å². The van der Waals surface area contributed by atoms with Gasteiger partial charge in [-0.25, -0.2) is 0 Å². The highest BCUT2D eigenvalue weighted by molar-refractivity contribution is 9.10. The number of hydrogen-bond acceptors (Lipinski definition) is 3. The molecule has 2 amide bonds. The Morgan fingerprint density at radius 3 is 2.36 bits per heavy atom. The van der Waals surface area contributed by atoms with Gasteiger partial charge in [-0.2, -0.15) is 0 Å². The lowest BCUT2D eigenvalue weighted by Gasteiger charge is -2.31. The molecule has 0 aliphatic rings. The van der Waals surface area contributed by atoms with Crippen molar-refractivity contribution in [3.05, 3.63) is 97.4 Å². The topological polar surface area (TPSA) is 58.6 Å². The first-order valence-corrected chi connectivity index (χ1v) is 13.3. The van der Waals surface area contributed by atoms with E-state index >= 15 is 0 Å². The second kappa shape index (κ2) is 13.9. The van der Waals surface area contributed by atoms with Crippen molar-refractivity contribution in [3.63, 3.8) is 0 Å². The van der Waals surface area contributed by atoms with E-state index in [0.29, 0.717) is 33.8 Å². The van der Waals surface area contributed by atoms with E-state index in [4.69, 9.17) is 39.5 Å². The molecule has 0 fully saturated rings. The Balaban J connectivity index is 1.92. The molecule has 0 aliphatic heterocycles. The summed E-state index contributed by atoms with van der Waals surface area (Å²) in [5.74, 6) is -0.235. The fraction of sp³-hybridized carbons (Fsp3) is 0.259. The molecule has 0 saturated heterocycles. The van der Waals surface area contributed by atoms with Crippen molar-refractivity contribution in [3.8, 4) is 5.75 Å². The SMILES string of the molecule is CCCNC(=O)C(Cc1ccccc1)N(Cc1ccc(Cl)c(Cl)c1)C(=O)COc1ccc(Br)cc1Cl. The molecule has 1 atom stereocenters. The van der Waals surface area contributed by atoms with Gasteiger partial charge >= 0.3 is 0 Å². The summed E-state index contributed by atoms with van der Waals surface area (Å²) in [7, 11) is 0. The molecule has 3 aromatic carbocycles. The second-order valence-electron chi connectivity index (χ2n) is 8.13. The fourth-order valence-electron chi connectivity index (χ4n) is 3.57. The van der Waals surface area contributed by atoms with Crippen LogP contribution in [0.3, 0.4) is 0 Å². The molecule has 0 bridgehead atoms. The largest absolute Gasteiger partial charge is 0.482 e. The summed E-state index contributed by atoms with van der Waals surface area (Å²) in [5.41, 5.74) is 1.67. The van der Waals surface area contributed by atoms with Gasteiger partial charge in [0.05, 0.1) is 15.1 Å².